The van der Waals surface area contributed by atoms with Gasteiger partial charge in [-0.05, 0) is 43.0 Å². The van der Waals surface area contributed by atoms with Crippen molar-refractivity contribution in [1.82, 2.24) is 10.2 Å². The lowest BCUT2D eigenvalue weighted by molar-refractivity contribution is -0.143. The van der Waals surface area contributed by atoms with Crippen molar-refractivity contribution < 1.29 is 26.3 Å². The first-order chi connectivity index (χ1) is 11.1. The monoisotopic (exact) mass is 388 g/mol. The number of nitrogens with one attached hydrogen (secondary N) is 1. The van der Waals surface area contributed by atoms with Crippen molar-refractivity contribution in [3.63, 3.8) is 0 Å². The summed E-state index contributed by atoms with van der Waals surface area (Å²) >= 11 is 0. The molecular weight excluding hydrogens is 370 g/mol. The summed E-state index contributed by atoms with van der Waals surface area (Å²) in [6, 6.07) is 2.50. The molecule has 1 aromatic carbocycles. The maximum absolute atomic E-state index is 12.9. The summed E-state index contributed by atoms with van der Waals surface area (Å²) < 4.78 is 77.5. The Morgan fingerprint density at radius 3 is 2.00 bits per heavy atom. The summed E-state index contributed by atoms with van der Waals surface area (Å²) in [5.41, 5.74) is -2.45. The lowest BCUT2D eigenvalue weighted by Gasteiger charge is -2.25. The van der Waals surface area contributed by atoms with E-state index in [0.717, 1.165) is 31.4 Å². The average Bonchev–Trinajstić information content (AvgIpc) is 2.79. The fourth-order valence-corrected chi connectivity index (χ4v) is 3.53. The second kappa shape index (κ2) is 7.32. The Labute approximate surface area is 148 Å². The van der Waals surface area contributed by atoms with E-state index < -0.39 is 23.5 Å². The van der Waals surface area contributed by atoms with Gasteiger partial charge in [-0.3, -0.25) is 4.90 Å². The highest BCUT2D eigenvalue weighted by atomic mass is 35.5. The molecule has 0 saturated carbocycles. The summed E-state index contributed by atoms with van der Waals surface area (Å²) in [5, 5.41) is 3.44. The quantitative estimate of drug-likeness (QED) is 0.752. The molecule has 2 saturated heterocycles. The van der Waals surface area contributed by atoms with Crippen molar-refractivity contribution in [2.24, 2.45) is 0 Å². The highest BCUT2D eigenvalue weighted by molar-refractivity contribution is 5.85. The molecule has 2 nitrogen and oxygen atoms in total. The maximum Gasteiger partial charge on any atom is 0.416 e. The number of hydrogen-bond acceptors (Lipinski definition) is 2. The molecule has 0 radical (unpaired) electrons. The molecule has 3 rings (SSSR count). The van der Waals surface area contributed by atoms with Gasteiger partial charge in [-0.1, -0.05) is 0 Å². The summed E-state index contributed by atoms with van der Waals surface area (Å²) in [5.74, 6) is 0. The molecule has 2 bridgehead atoms. The van der Waals surface area contributed by atoms with Gasteiger partial charge in [0.15, 0.2) is 0 Å². The predicted octanol–water partition coefficient (Wildman–Crippen LogP) is 4.47. The van der Waals surface area contributed by atoms with Gasteiger partial charge in [-0.15, -0.1) is 12.4 Å². The van der Waals surface area contributed by atoms with Crippen LogP contribution in [0.3, 0.4) is 0 Å². The van der Waals surface area contributed by atoms with E-state index in [1.165, 1.54) is 0 Å². The Kier molecular flexibility index (Phi) is 5.95. The van der Waals surface area contributed by atoms with Crippen molar-refractivity contribution in [1.29, 1.82) is 0 Å². The van der Waals surface area contributed by atoms with Crippen LogP contribution in [-0.4, -0.2) is 30.1 Å². The zero-order valence-corrected chi connectivity index (χ0v) is 14.1. The SMILES string of the molecule is Cl.FC(F)(F)c1cc(CN2CCC3CCC(C2)N3)cc(C(F)(F)F)c1. The van der Waals surface area contributed by atoms with Crippen LogP contribution in [0.1, 0.15) is 36.0 Å². The fraction of sp³-hybridized carbons (Fsp3) is 0.625. The molecule has 2 aliphatic rings. The van der Waals surface area contributed by atoms with Crippen molar-refractivity contribution >= 4 is 12.4 Å². The van der Waals surface area contributed by atoms with E-state index in [-0.39, 0.29) is 36.6 Å². The molecule has 1 aromatic rings. The average molecular weight is 389 g/mol. The van der Waals surface area contributed by atoms with Crippen LogP contribution in [0.15, 0.2) is 18.2 Å². The summed E-state index contributed by atoms with van der Waals surface area (Å²) in [6.45, 7) is 1.41. The van der Waals surface area contributed by atoms with E-state index in [1.54, 1.807) is 0 Å². The van der Waals surface area contributed by atoms with Gasteiger partial charge in [0, 0.05) is 31.7 Å². The Bertz CT molecular complexity index is 569. The molecule has 2 unspecified atom stereocenters. The van der Waals surface area contributed by atoms with Gasteiger partial charge in [0.05, 0.1) is 11.1 Å². The van der Waals surface area contributed by atoms with E-state index in [2.05, 4.69) is 5.32 Å². The van der Waals surface area contributed by atoms with Crippen LogP contribution in [0, 0.1) is 0 Å². The lowest BCUT2D eigenvalue weighted by Crippen LogP contribution is -2.35. The molecule has 25 heavy (non-hydrogen) atoms. The van der Waals surface area contributed by atoms with Crippen LogP contribution in [0.25, 0.3) is 0 Å². The van der Waals surface area contributed by atoms with Crippen LogP contribution >= 0.6 is 12.4 Å². The molecular formula is C16H19ClF6N2. The second-order valence-corrected chi connectivity index (χ2v) is 6.58. The largest absolute Gasteiger partial charge is 0.416 e. The van der Waals surface area contributed by atoms with E-state index in [4.69, 9.17) is 0 Å². The van der Waals surface area contributed by atoms with E-state index in [9.17, 15) is 26.3 Å². The fourth-order valence-electron chi connectivity index (χ4n) is 3.53. The number of hydrogen-bond donors (Lipinski definition) is 1. The summed E-state index contributed by atoms with van der Waals surface area (Å²) in [7, 11) is 0. The van der Waals surface area contributed by atoms with E-state index >= 15 is 0 Å². The van der Waals surface area contributed by atoms with Crippen molar-refractivity contribution in [2.45, 2.75) is 50.2 Å². The maximum atomic E-state index is 12.9. The normalized spacial score (nSPS) is 24.7. The molecule has 142 valence electrons. The topological polar surface area (TPSA) is 15.3 Å². The molecule has 0 amide bonds. The highest BCUT2D eigenvalue weighted by Gasteiger charge is 2.37. The van der Waals surface area contributed by atoms with Crippen LogP contribution in [-0.2, 0) is 18.9 Å². The first-order valence-electron chi connectivity index (χ1n) is 7.88. The third-order valence-electron chi connectivity index (χ3n) is 4.66. The summed E-state index contributed by atoms with van der Waals surface area (Å²) in [6.07, 6.45) is -6.65. The van der Waals surface area contributed by atoms with Gasteiger partial charge in [0.25, 0.3) is 0 Å². The lowest BCUT2D eigenvalue weighted by atomic mass is 10.0. The number of nitrogens with zero attached hydrogens (tertiary/aromatic N) is 1. The molecule has 1 N–H and O–H groups in total. The van der Waals surface area contributed by atoms with Crippen molar-refractivity contribution in [3.8, 4) is 0 Å². The second-order valence-electron chi connectivity index (χ2n) is 6.58. The smallest absolute Gasteiger partial charge is 0.310 e. The minimum atomic E-state index is -4.80. The molecule has 2 heterocycles. The number of halogens is 7. The minimum absolute atomic E-state index is 0. The van der Waals surface area contributed by atoms with Gasteiger partial charge in [-0.25, -0.2) is 0 Å². The van der Waals surface area contributed by atoms with Gasteiger partial charge >= 0.3 is 12.4 Å². The molecule has 0 spiro atoms. The van der Waals surface area contributed by atoms with Gasteiger partial charge in [0.1, 0.15) is 0 Å². The molecule has 0 aliphatic carbocycles. The summed E-state index contributed by atoms with van der Waals surface area (Å²) in [4.78, 5) is 1.94. The number of fused-ring (bicyclic) bond motifs is 2. The standard InChI is InChI=1S/C16H18F6N2.ClH/c17-15(18,19)11-5-10(6-12(7-11)16(20,21)22)8-24-4-3-13-1-2-14(9-24)23-13;/h5-7,13-14,23H,1-4,8-9H2;1H. The molecule has 2 fully saturated rings. The highest BCUT2D eigenvalue weighted by Crippen LogP contribution is 2.36. The third-order valence-corrected chi connectivity index (χ3v) is 4.66. The van der Waals surface area contributed by atoms with Gasteiger partial charge in [0.2, 0.25) is 0 Å². The van der Waals surface area contributed by atoms with Crippen molar-refractivity contribution in [2.75, 3.05) is 13.1 Å². The Hall–Kier alpha value is -0.990. The van der Waals surface area contributed by atoms with Crippen LogP contribution < -0.4 is 5.32 Å². The van der Waals surface area contributed by atoms with Crippen LogP contribution in [0.4, 0.5) is 26.3 Å². The number of alkyl halides is 6. The molecule has 0 aromatic heterocycles. The first kappa shape index (κ1) is 20.3. The van der Waals surface area contributed by atoms with E-state index in [1.807, 2.05) is 4.90 Å². The molecule has 2 atom stereocenters. The minimum Gasteiger partial charge on any atom is -0.310 e. The Morgan fingerprint density at radius 2 is 1.44 bits per heavy atom. The zero-order valence-electron chi connectivity index (χ0n) is 13.3. The van der Waals surface area contributed by atoms with E-state index in [0.29, 0.717) is 19.1 Å². The number of benzene rings is 1. The number of rotatable bonds is 2. The zero-order chi connectivity index (χ0) is 17.5. The number of likely N-dealkylation sites (tertiary alicyclic amines) is 1. The van der Waals surface area contributed by atoms with Crippen LogP contribution in [0.5, 0.6) is 0 Å². The molecule has 2 aliphatic heterocycles. The Balaban J connectivity index is 0.00000225. The third kappa shape index (κ3) is 5.01. The van der Waals surface area contributed by atoms with Crippen molar-refractivity contribution in [3.05, 3.63) is 34.9 Å². The van der Waals surface area contributed by atoms with Gasteiger partial charge < -0.3 is 5.32 Å². The van der Waals surface area contributed by atoms with Gasteiger partial charge in [-0.2, -0.15) is 26.3 Å². The molecule has 9 heteroatoms. The Morgan fingerprint density at radius 1 is 0.880 bits per heavy atom. The first-order valence-corrected chi connectivity index (χ1v) is 7.88. The predicted molar refractivity (Wildman–Crippen MR) is 83.5 cm³/mol. The van der Waals surface area contributed by atoms with Crippen LogP contribution in [0.2, 0.25) is 0 Å².